The summed E-state index contributed by atoms with van der Waals surface area (Å²) in [6.07, 6.45) is 9.52. The van der Waals surface area contributed by atoms with Gasteiger partial charge in [0.1, 0.15) is 11.3 Å². The molecule has 3 heterocycles. The molecular formula is C24H23ClN6O. The predicted octanol–water partition coefficient (Wildman–Crippen LogP) is 3.92. The van der Waals surface area contributed by atoms with E-state index in [0.717, 1.165) is 34.9 Å². The highest BCUT2D eigenvalue weighted by molar-refractivity contribution is 6.30. The van der Waals surface area contributed by atoms with Gasteiger partial charge < -0.3 is 9.72 Å². The summed E-state index contributed by atoms with van der Waals surface area (Å²) in [5.74, 6) is 1.02. The fraction of sp³-hybridized carbons (Fsp3) is 0.333. The maximum absolute atomic E-state index is 12.5. The summed E-state index contributed by atoms with van der Waals surface area (Å²) < 4.78 is 3.85. The number of aromatic nitrogens is 5. The number of fused-ring (bicyclic) bond motifs is 1. The summed E-state index contributed by atoms with van der Waals surface area (Å²) in [5, 5.41) is 12.1. The second-order valence-corrected chi connectivity index (χ2v) is 9.30. The van der Waals surface area contributed by atoms with Crippen LogP contribution in [0.1, 0.15) is 53.6 Å². The van der Waals surface area contributed by atoms with Crippen LogP contribution in [0.2, 0.25) is 5.02 Å². The minimum absolute atomic E-state index is 0.00187. The fourth-order valence-electron chi connectivity index (χ4n) is 4.36. The highest BCUT2D eigenvalue weighted by atomic mass is 35.5. The van der Waals surface area contributed by atoms with Crippen LogP contribution in [0.4, 0.5) is 0 Å². The molecule has 0 radical (unpaired) electrons. The highest BCUT2D eigenvalue weighted by Gasteiger charge is 2.43. The van der Waals surface area contributed by atoms with E-state index in [0.29, 0.717) is 18.1 Å². The van der Waals surface area contributed by atoms with E-state index in [1.54, 1.807) is 4.68 Å². The molecule has 2 atom stereocenters. The molecule has 162 valence electrons. The number of pyridine rings is 1. The van der Waals surface area contributed by atoms with Crippen LogP contribution in [-0.2, 0) is 17.9 Å². The van der Waals surface area contributed by atoms with Gasteiger partial charge in [-0.05, 0) is 60.4 Å². The molecule has 6 rings (SSSR count). The first-order chi connectivity index (χ1) is 15.6. The molecule has 32 heavy (non-hydrogen) atoms. The Hall–Kier alpha value is -3.19. The number of amides is 1. The molecule has 0 aliphatic heterocycles. The smallest absolute Gasteiger partial charge is 0.224 e. The van der Waals surface area contributed by atoms with Gasteiger partial charge in [0.05, 0.1) is 25.0 Å². The van der Waals surface area contributed by atoms with Crippen LogP contribution < -0.4 is 5.32 Å². The number of imidazole rings is 1. The molecule has 2 saturated carbocycles. The maximum Gasteiger partial charge on any atom is 0.224 e. The second kappa shape index (κ2) is 7.74. The van der Waals surface area contributed by atoms with Crippen LogP contribution >= 0.6 is 11.6 Å². The lowest BCUT2D eigenvalue weighted by molar-refractivity contribution is -0.122. The van der Waals surface area contributed by atoms with Crippen LogP contribution in [-0.4, -0.2) is 30.3 Å². The first-order valence-corrected chi connectivity index (χ1v) is 11.4. The molecule has 0 spiro atoms. The highest BCUT2D eigenvalue weighted by Crippen LogP contribution is 2.48. The lowest BCUT2D eigenvalue weighted by Gasteiger charge is -2.03. The molecule has 1 N–H and O–H groups in total. The summed E-state index contributed by atoms with van der Waals surface area (Å²) in [6.45, 7) is 0.911. The standard InChI is InChI=1S/C24H23ClN6O/c25-18-3-1-2-16(8-18)21-9-22(21)24(32)26-10-19-13-31(29-28-19)14-20-12-30-11-17(15-4-5-15)6-7-23(30)27-20/h1-3,6-8,11-13,15,21-22H,4-5,9-10,14H2,(H,26,32). The number of nitrogens with one attached hydrogen (secondary N) is 1. The number of hydrogen-bond donors (Lipinski definition) is 1. The molecule has 0 saturated heterocycles. The molecule has 7 nitrogen and oxygen atoms in total. The van der Waals surface area contributed by atoms with Gasteiger partial charge in [0, 0.05) is 23.3 Å². The van der Waals surface area contributed by atoms with Gasteiger partial charge in [0.2, 0.25) is 5.91 Å². The molecule has 1 amide bonds. The molecular weight excluding hydrogens is 424 g/mol. The summed E-state index contributed by atoms with van der Waals surface area (Å²) >= 11 is 6.07. The van der Waals surface area contributed by atoms with Gasteiger partial charge >= 0.3 is 0 Å². The third-order valence-corrected chi connectivity index (χ3v) is 6.57. The van der Waals surface area contributed by atoms with Crippen molar-refractivity contribution < 1.29 is 4.79 Å². The molecule has 2 fully saturated rings. The predicted molar refractivity (Wildman–Crippen MR) is 120 cm³/mol. The third kappa shape index (κ3) is 4.00. The molecule has 2 aliphatic carbocycles. The summed E-state index contributed by atoms with van der Waals surface area (Å²) in [7, 11) is 0. The van der Waals surface area contributed by atoms with E-state index in [2.05, 4.69) is 43.3 Å². The van der Waals surface area contributed by atoms with Gasteiger partial charge in [-0.2, -0.15) is 0 Å². The van der Waals surface area contributed by atoms with Crippen molar-refractivity contribution in [1.29, 1.82) is 0 Å². The van der Waals surface area contributed by atoms with Crippen molar-refractivity contribution in [1.82, 2.24) is 29.7 Å². The maximum atomic E-state index is 12.5. The SMILES string of the molecule is O=C(NCc1cn(Cc2cn3cc(C4CC4)ccc3n2)nn1)C1CC1c1cccc(Cl)c1. The van der Waals surface area contributed by atoms with Crippen molar-refractivity contribution in [2.75, 3.05) is 0 Å². The van der Waals surface area contributed by atoms with Crippen molar-refractivity contribution in [2.45, 2.75) is 44.2 Å². The summed E-state index contributed by atoms with van der Waals surface area (Å²) in [6, 6.07) is 12.0. The van der Waals surface area contributed by atoms with E-state index in [1.807, 2.05) is 36.7 Å². The minimum Gasteiger partial charge on any atom is -0.350 e. The number of carbonyl (C=O) groups is 1. The van der Waals surface area contributed by atoms with Crippen LogP contribution in [0.3, 0.4) is 0 Å². The lowest BCUT2D eigenvalue weighted by Crippen LogP contribution is -2.25. The Bertz CT molecular complexity index is 1310. The zero-order chi connectivity index (χ0) is 21.7. The quantitative estimate of drug-likeness (QED) is 0.466. The van der Waals surface area contributed by atoms with Crippen LogP contribution in [0, 0.1) is 5.92 Å². The van der Waals surface area contributed by atoms with E-state index >= 15 is 0 Å². The molecule has 3 aromatic heterocycles. The number of benzene rings is 1. The van der Waals surface area contributed by atoms with Crippen molar-refractivity contribution in [2.24, 2.45) is 5.92 Å². The van der Waals surface area contributed by atoms with Crippen molar-refractivity contribution in [3.63, 3.8) is 0 Å². The van der Waals surface area contributed by atoms with Gasteiger partial charge in [-0.15, -0.1) is 5.10 Å². The zero-order valence-corrected chi connectivity index (χ0v) is 18.2. The van der Waals surface area contributed by atoms with Crippen molar-refractivity contribution >= 4 is 23.2 Å². The Labute approximate surface area is 190 Å². The zero-order valence-electron chi connectivity index (χ0n) is 17.5. The minimum atomic E-state index is 0.00187. The number of hydrogen-bond acceptors (Lipinski definition) is 4. The second-order valence-electron chi connectivity index (χ2n) is 8.86. The molecule has 2 aliphatic rings. The average molecular weight is 447 g/mol. The van der Waals surface area contributed by atoms with E-state index in [1.165, 1.54) is 18.4 Å². The fourth-order valence-corrected chi connectivity index (χ4v) is 4.56. The first-order valence-electron chi connectivity index (χ1n) is 11.0. The number of carbonyl (C=O) groups excluding carboxylic acids is 1. The molecule has 2 unspecified atom stereocenters. The Kier molecular flexibility index (Phi) is 4.72. The topological polar surface area (TPSA) is 77.1 Å². The molecule has 0 bridgehead atoms. The van der Waals surface area contributed by atoms with Crippen LogP contribution in [0.15, 0.2) is 55.0 Å². The van der Waals surface area contributed by atoms with Crippen molar-refractivity contribution in [3.05, 3.63) is 82.5 Å². The Morgan fingerprint density at radius 2 is 2.00 bits per heavy atom. The van der Waals surface area contributed by atoms with Crippen LogP contribution in [0.25, 0.3) is 5.65 Å². The largest absolute Gasteiger partial charge is 0.350 e. The molecule has 1 aromatic carbocycles. The van der Waals surface area contributed by atoms with Gasteiger partial charge in [-0.1, -0.05) is 35.0 Å². The first kappa shape index (κ1) is 19.5. The number of nitrogens with zero attached hydrogens (tertiary/aromatic N) is 5. The Balaban J connectivity index is 1.05. The van der Waals surface area contributed by atoms with Gasteiger partial charge in [-0.3, -0.25) is 4.79 Å². The van der Waals surface area contributed by atoms with E-state index < -0.39 is 0 Å². The monoisotopic (exact) mass is 446 g/mol. The van der Waals surface area contributed by atoms with Gasteiger partial charge in [0.15, 0.2) is 0 Å². The molecule has 8 heteroatoms. The Morgan fingerprint density at radius 1 is 1.09 bits per heavy atom. The number of rotatable bonds is 7. The lowest BCUT2D eigenvalue weighted by atomic mass is 10.1. The van der Waals surface area contributed by atoms with Crippen LogP contribution in [0.5, 0.6) is 0 Å². The van der Waals surface area contributed by atoms with E-state index in [-0.39, 0.29) is 17.7 Å². The summed E-state index contributed by atoms with van der Waals surface area (Å²) in [4.78, 5) is 17.2. The summed E-state index contributed by atoms with van der Waals surface area (Å²) in [5.41, 5.74) is 5.11. The normalized spacial score (nSPS) is 19.9. The van der Waals surface area contributed by atoms with Crippen molar-refractivity contribution in [3.8, 4) is 0 Å². The van der Waals surface area contributed by atoms with E-state index in [9.17, 15) is 4.79 Å². The molecule has 4 aromatic rings. The average Bonchev–Trinajstić information content (AvgIpc) is 3.70. The van der Waals surface area contributed by atoms with Gasteiger partial charge in [-0.25, -0.2) is 9.67 Å². The van der Waals surface area contributed by atoms with E-state index in [4.69, 9.17) is 11.6 Å². The Morgan fingerprint density at radius 3 is 2.84 bits per heavy atom. The third-order valence-electron chi connectivity index (χ3n) is 6.33. The van der Waals surface area contributed by atoms with Gasteiger partial charge in [0.25, 0.3) is 0 Å². The number of halogens is 1.